The summed E-state index contributed by atoms with van der Waals surface area (Å²) < 4.78 is 0. The average molecular weight is 142 g/mol. The molecule has 0 radical (unpaired) electrons. The van der Waals surface area contributed by atoms with Gasteiger partial charge < -0.3 is 19.8 Å². The van der Waals surface area contributed by atoms with E-state index in [-0.39, 0.29) is 17.4 Å². The Morgan fingerprint density at radius 2 is 1.00 bits per heavy atom. The zero-order valence-electron chi connectivity index (χ0n) is 3.20. The standard InChI is InChI=1S/2CH2O2.Cr/c2*2-1-3;/h2*1H,(H,2,3);/q;;+2/p-2. The predicted molar refractivity (Wildman–Crippen MR) is 12.1 cm³/mol. The van der Waals surface area contributed by atoms with E-state index in [0.717, 1.165) is 0 Å². The largest absolute Gasteiger partial charge is 2.00 e. The van der Waals surface area contributed by atoms with Crippen LogP contribution in [-0.4, -0.2) is 12.9 Å². The summed E-state index contributed by atoms with van der Waals surface area (Å²) in [6.07, 6.45) is 0. The normalized spacial score (nSPS) is 3.43. The van der Waals surface area contributed by atoms with Crippen molar-refractivity contribution in [2.75, 3.05) is 0 Å². The van der Waals surface area contributed by atoms with Gasteiger partial charge in [-0.3, -0.25) is 0 Å². The minimum absolute atomic E-state index is 0. The molecule has 40 valence electrons. The van der Waals surface area contributed by atoms with Gasteiger partial charge in [-0.1, -0.05) is 0 Å². The van der Waals surface area contributed by atoms with Gasteiger partial charge in [0.05, 0.1) is 0 Å². The quantitative estimate of drug-likeness (QED) is 0.332. The summed E-state index contributed by atoms with van der Waals surface area (Å²) in [5.74, 6) is 0. The van der Waals surface area contributed by atoms with Crippen LogP contribution in [0.4, 0.5) is 0 Å². The summed E-state index contributed by atoms with van der Waals surface area (Å²) in [6.45, 7) is -1.00. The van der Waals surface area contributed by atoms with Crippen molar-refractivity contribution in [3.63, 3.8) is 0 Å². The SMILES string of the molecule is O=C[O-].O=C[O-].[Cr+2]. The molecule has 0 saturated heterocycles. The van der Waals surface area contributed by atoms with Crippen molar-refractivity contribution >= 4 is 12.9 Å². The minimum atomic E-state index is -0.500. The van der Waals surface area contributed by atoms with Crippen LogP contribution in [0.5, 0.6) is 0 Å². The van der Waals surface area contributed by atoms with Crippen molar-refractivity contribution in [2.45, 2.75) is 0 Å². The fourth-order valence-electron chi connectivity index (χ4n) is 0. The third kappa shape index (κ3) is 237. The number of carboxylic acid groups (broad SMARTS) is 2. The Labute approximate surface area is 50.9 Å². The first-order valence-electron chi connectivity index (χ1n) is 0.943. The van der Waals surface area contributed by atoms with E-state index < -0.39 is 12.9 Å². The zero-order chi connectivity index (χ0) is 5.41. The van der Waals surface area contributed by atoms with E-state index in [4.69, 9.17) is 19.8 Å². The average Bonchev–Trinajstić information content (AvgIpc) is 1.39. The summed E-state index contributed by atoms with van der Waals surface area (Å²) >= 11 is 0. The van der Waals surface area contributed by atoms with Crippen LogP contribution in [0, 0.1) is 0 Å². The second-order valence-corrected chi connectivity index (χ2v) is 0.192. The molecule has 0 aromatic rings. The smallest absolute Gasteiger partial charge is 0.554 e. The Kier molecular flexibility index (Phi) is 116. The van der Waals surface area contributed by atoms with Gasteiger partial charge >= 0.3 is 17.4 Å². The Hall–Kier alpha value is -0.528. The van der Waals surface area contributed by atoms with Crippen LogP contribution in [0.2, 0.25) is 0 Å². The van der Waals surface area contributed by atoms with Gasteiger partial charge in [-0.15, -0.1) is 0 Å². The van der Waals surface area contributed by atoms with Crippen LogP contribution in [0.1, 0.15) is 0 Å². The first kappa shape index (κ1) is 16.1. The molecule has 0 amide bonds. The molecule has 0 N–H and O–H groups in total. The van der Waals surface area contributed by atoms with Gasteiger partial charge in [0, 0.05) is 12.9 Å². The summed E-state index contributed by atoms with van der Waals surface area (Å²) in [7, 11) is 0. The molecule has 4 nitrogen and oxygen atoms in total. The van der Waals surface area contributed by atoms with E-state index in [0.29, 0.717) is 0 Å². The van der Waals surface area contributed by atoms with Crippen LogP contribution >= 0.6 is 0 Å². The maximum Gasteiger partial charge on any atom is 2.00 e. The summed E-state index contributed by atoms with van der Waals surface area (Å²) in [6, 6.07) is 0. The Morgan fingerprint density at radius 1 is 1.00 bits per heavy atom. The molecule has 0 unspecified atom stereocenters. The molecule has 0 aliphatic carbocycles. The monoisotopic (exact) mass is 142 g/mol. The van der Waals surface area contributed by atoms with Crippen LogP contribution in [0.25, 0.3) is 0 Å². The van der Waals surface area contributed by atoms with E-state index in [1.807, 2.05) is 0 Å². The van der Waals surface area contributed by atoms with Crippen molar-refractivity contribution in [1.82, 2.24) is 0 Å². The van der Waals surface area contributed by atoms with E-state index in [9.17, 15) is 0 Å². The fourth-order valence-corrected chi connectivity index (χ4v) is 0. The molecule has 0 aromatic carbocycles. The first-order chi connectivity index (χ1) is 2.83. The zero-order valence-corrected chi connectivity index (χ0v) is 4.47. The van der Waals surface area contributed by atoms with Crippen LogP contribution < -0.4 is 10.2 Å². The molecule has 0 bridgehead atoms. The van der Waals surface area contributed by atoms with Gasteiger partial charge in [0.1, 0.15) is 0 Å². The summed E-state index contributed by atoms with van der Waals surface area (Å²) in [5, 5.41) is 16.5. The molecule has 0 aromatic heterocycles. The van der Waals surface area contributed by atoms with Gasteiger partial charge in [-0.25, -0.2) is 0 Å². The fraction of sp³-hybridized carbons (Fsp3) is 0. The molecule has 0 spiro atoms. The number of carbonyl (C=O) groups is 2. The molecular formula is C2H2CrO4. The van der Waals surface area contributed by atoms with E-state index >= 15 is 0 Å². The Morgan fingerprint density at radius 3 is 1.00 bits per heavy atom. The molecule has 0 fully saturated rings. The summed E-state index contributed by atoms with van der Waals surface area (Å²) in [4.78, 5) is 16.5. The predicted octanol–water partition coefficient (Wildman–Crippen LogP) is -3.27. The topological polar surface area (TPSA) is 80.3 Å². The van der Waals surface area contributed by atoms with Crippen LogP contribution in [-0.2, 0) is 27.0 Å². The summed E-state index contributed by atoms with van der Waals surface area (Å²) in [5.41, 5.74) is 0. The number of carbonyl (C=O) groups excluding carboxylic acids is 2. The molecule has 0 heterocycles. The van der Waals surface area contributed by atoms with Gasteiger partial charge in [0.2, 0.25) is 0 Å². The molecule has 7 heavy (non-hydrogen) atoms. The van der Waals surface area contributed by atoms with Crippen molar-refractivity contribution in [3.8, 4) is 0 Å². The maximum absolute atomic E-state index is 8.25. The Bertz CT molecular complexity index is 30.7. The second-order valence-electron chi connectivity index (χ2n) is 0.192. The molecule has 0 atom stereocenters. The van der Waals surface area contributed by atoms with Crippen molar-refractivity contribution < 1.29 is 37.2 Å². The molecule has 0 rings (SSSR count). The second kappa shape index (κ2) is 50.5. The minimum Gasteiger partial charge on any atom is -0.554 e. The third-order valence-corrected chi connectivity index (χ3v) is 0. The molecule has 5 heteroatoms. The van der Waals surface area contributed by atoms with Crippen molar-refractivity contribution in [1.29, 1.82) is 0 Å². The van der Waals surface area contributed by atoms with Crippen LogP contribution in [0.3, 0.4) is 0 Å². The molecule has 0 aliphatic rings. The van der Waals surface area contributed by atoms with Gasteiger partial charge in [0.25, 0.3) is 0 Å². The van der Waals surface area contributed by atoms with Gasteiger partial charge in [-0.2, -0.15) is 0 Å². The Balaban J connectivity index is -0.0000000400. The van der Waals surface area contributed by atoms with Crippen LogP contribution in [0.15, 0.2) is 0 Å². The molecule has 0 aliphatic heterocycles. The van der Waals surface area contributed by atoms with Crippen molar-refractivity contribution in [3.05, 3.63) is 0 Å². The van der Waals surface area contributed by atoms with Gasteiger partial charge in [-0.05, 0) is 0 Å². The first-order valence-corrected chi connectivity index (χ1v) is 0.943. The third-order valence-electron chi connectivity index (χ3n) is 0. The van der Waals surface area contributed by atoms with E-state index in [1.165, 1.54) is 0 Å². The maximum atomic E-state index is 8.25. The number of hydrogen-bond acceptors (Lipinski definition) is 4. The van der Waals surface area contributed by atoms with Crippen molar-refractivity contribution in [2.24, 2.45) is 0 Å². The molecular weight excluding hydrogens is 140 g/mol. The van der Waals surface area contributed by atoms with Gasteiger partial charge in [0.15, 0.2) is 0 Å². The number of hydrogen-bond donors (Lipinski definition) is 0. The number of rotatable bonds is 0. The molecule has 0 saturated carbocycles. The van der Waals surface area contributed by atoms with E-state index in [1.54, 1.807) is 0 Å². The van der Waals surface area contributed by atoms with E-state index in [2.05, 4.69) is 0 Å².